The molecule has 1 N–H and O–H groups in total. The molecule has 2 aromatic rings. The van der Waals surface area contributed by atoms with Crippen molar-refractivity contribution in [2.24, 2.45) is 17.3 Å². The summed E-state index contributed by atoms with van der Waals surface area (Å²) in [6.45, 7) is 3.01. The molecule has 1 aromatic carbocycles. The van der Waals surface area contributed by atoms with Crippen molar-refractivity contribution in [2.45, 2.75) is 63.3 Å². The lowest BCUT2D eigenvalue weighted by atomic mass is 9.49. The molecule has 5 nitrogen and oxygen atoms in total. The molecule has 1 aromatic heterocycles. The highest BCUT2D eigenvalue weighted by Crippen LogP contribution is 2.64. The van der Waals surface area contributed by atoms with Gasteiger partial charge in [0.05, 0.1) is 22.9 Å². The first-order chi connectivity index (χ1) is 14.3. The second-order valence-electron chi connectivity index (χ2n) is 9.79. The van der Waals surface area contributed by atoms with Crippen molar-refractivity contribution in [3.63, 3.8) is 0 Å². The lowest BCUT2D eigenvalue weighted by molar-refractivity contribution is -0.157. The number of alkyl halides is 1. The zero-order valence-electron chi connectivity index (χ0n) is 17.2. The number of benzene rings is 1. The Labute approximate surface area is 186 Å². The highest BCUT2D eigenvalue weighted by Gasteiger charge is 2.60. The minimum atomic E-state index is -0.346. The van der Waals surface area contributed by atoms with Gasteiger partial charge in [0.2, 0.25) is 5.91 Å². The molecule has 30 heavy (non-hydrogen) atoms. The van der Waals surface area contributed by atoms with Crippen LogP contribution in [0.1, 0.15) is 57.7 Å². The first-order valence-corrected chi connectivity index (χ1v) is 11.7. The molecule has 2 atom stereocenters. The van der Waals surface area contributed by atoms with Gasteiger partial charge in [-0.2, -0.15) is 0 Å². The molecule has 0 spiro atoms. The molecule has 4 bridgehead atoms. The summed E-state index contributed by atoms with van der Waals surface area (Å²) in [5, 5.41) is 1.04. The molecule has 0 saturated heterocycles. The summed E-state index contributed by atoms with van der Waals surface area (Å²) >= 11 is 13.1. The molecule has 1 heterocycles. The van der Waals surface area contributed by atoms with E-state index in [1.807, 2.05) is 4.90 Å². The first-order valence-electron chi connectivity index (χ1n) is 11.0. The summed E-state index contributed by atoms with van der Waals surface area (Å²) in [6.07, 6.45) is 6.86. The molecule has 160 valence electrons. The molecule has 2 unspecified atom stereocenters. The van der Waals surface area contributed by atoms with Gasteiger partial charge in [-0.25, -0.2) is 4.98 Å². The molecular weight excluding hydrogens is 421 g/mol. The summed E-state index contributed by atoms with van der Waals surface area (Å²) in [7, 11) is 0. The number of halogens is 2. The van der Waals surface area contributed by atoms with E-state index in [9.17, 15) is 9.59 Å². The number of H-pyrrole nitrogens is 1. The number of hydrogen-bond donors (Lipinski definition) is 1. The van der Waals surface area contributed by atoms with Crippen LogP contribution in [0, 0.1) is 17.3 Å². The van der Waals surface area contributed by atoms with E-state index in [1.165, 1.54) is 6.42 Å². The van der Waals surface area contributed by atoms with E-state index >= 15 is 0 Å². The Balaban J connectivity index is 1.46. The Bertz CT molecular complexity index is 1050. The fraction of sp³-hybridized carbons (Fsp3) is 0.609. The second kappa shape index (κ2) is 7.23. The minimum Gasteiger partial charge on any atom is -0.335 e. The van der Waals surface area contributed by atoms with Crippen molar-refractivity contribution in [3.8, 4) is 0 Å². The summed E-state index contributed by atoms with van der Waals surface area (Å²) in [5.41, 5.74) is 0.00583. The second-order valence-corrected chi connectivity index (χ2v) is 11.0. The molecule has 4 fully saturated rings. The van der Waals surface area contributed by atoms with E-state index < -0.39 is 0 Å². The van der Waals surface area contributed by atoms with Gasteiger partial charge in [0, 0.05) is 16.4 Å². The number of aromatic nitrogens is 2. The molecule has 6 rings (SSSR count). The number of rotatable bonds is 5. The van der Waals surface area contributed by atoms with Crippen molar-refractivity contribution in [1.29, 1.82) is 0 Å². The zero-order chi connectivity index (χ0) is 21.1. The Morgan fingerprint density at radius 1 is 1.27 bits per heavy atom. The quantitative estimate of drug-likeness (QED) is 0.663. The van der Waals surface area contributed by atoms with E-state index in [0.29, 0.717) is 46.7 Å². The number of carbonyl (C=O) groups excluding carboxylic acids is 1. The van der Waals surface area contributed by atoms with Crippen LogP contribution in [-0.2, 0) is 11.3 Å². The average molecular weight is 448 g/mol. The predicted molar refractivity (Wildman–Crippen MR) is 119 cm³/mol. The van der Waals surface area contributed by atoms with E-state index in [2.05, 4.69) is 16.9 Å². The normalized spacial score (nSPS) is 32.0. The van der Waals surface area contributed by atoms with E-state index in [1.54, 1.807) is 18.2 Å². The van der Waals surface area contributed by atoms with E-state index in [0.717, 1.165) is 38.5 Å². The third kappa shape index (κ3) is 3.44. The third-order valence-corrected chi connectivity index (χ3v) is 7.96. The van der Waals surface area contributed by atoms with Crippen LogP contribution in [0.4, 0.5) is 0 Å². The standard InChI is InChI=1S/C23H27Cl2N3O2/c1-2-5-28(12-19-26-18-7-16(24)3-4-17(18)20(29)27-19)21(30)22-8-14-6-15(9-22)11-23(25,10-14)13-22/h3-4,7,14-15H,2,5-6,8-13H2,1H3,(H,26,27,29). The number of hydrogen-bond acceptors (Lipinski definition) is 3. The van der Waals surface area contributed by atoms with E-state index in [-0.39, 0.29) is 21.8 Å². The number of aromatic amines is 1. The fourth-order valence-corrected chi connectivity index (χ4v) is 7.53. The van der Waals surface area contributed by atoms with Gasteiger partial charge < -0.3 is 9.88 Å². The topological polar surface area (TPSA) is 66.1 Å². The molecule has 0 aliphatic heterocycles. The van der Waals surface area contributed by atoms with Gasteiger partial charge in [-0.15, -0.1) is 11.6 Å². The SMILES string of the molecule is CCCN(Cc1nc2cc(Cl)ccc2c(=O)[nH]1)C(=O)C12CC3CC(CC(Cl)(C3)C1)C2. The van der Waals surface area contributed by atoms with Crippen LogP contribution < -0.4 is 5.56 Å². The molecule has 7 heteroatoms. The van der Waals surface area contributed by atoms with Gasteiger partial charge in [-0.3, -0.25) is 9.59 Å². The number of nitrogens with one attached hydrogen (secondary N) is 1. The van der Waals surface area contributed by atoms with Gasteiger partial charge in [-0.05, 0) is 75.0 Å². The van der Waals surface area contributed by atoms with Crippen LogP contribution >= 0.6 is 23.2 Å². The van der Waals surface area contributed by atoms with Gasteiger partial charge in [0.1, 0.15) is 5.82 Å². The monoisotopic (exact) mass is 447 g/mol. The van der Waals surface area contributed by atoms with Crippen molar-refractivity contribution >= 4 is 40.0 Å². The lowest BCUT2D eigenvalue weighted by Gasteiger charge is -2.59. The van der Waals surface area contributed by atoms with Gasteiger partial charge in [-0.1, -0.05) is 18.5 Å². The lowest BCUT2D eigenvalue weighted by Crippen LogP contribution is -2.59. The number of amides is 1. The number of fused-ring (bicyclic) bond motifs is 1. The number of nitrogens with zero attached hydrogens (tertiary/aromatic N) is 2. The van der Waals surface area contributed by atoms with Crippen LogP contribution in [0.2, 0.25) is 5.02 Å². The zero-order valence-corrected chi connectivity index (χ0v) is 18.7. The van der Waals surface area contributed by atoms with Gasteiger partial charge in [0.15, 0.2) is 0 Å². The Kier molecular flexibility index (Phi) is 4.90. The fourth-order valence-electron chi connectivity index (χ4n) is 6.68. The van der Waals surface area contributed by atoms with Crippen LogP contribution in [0.3, 0.4) is 0 Å². The summed E-state index contributed by atoms with van der Waals surface area (Å²) in [6, 6.07) is 5.05. The Morgan fingerprint density at radius 2 is 2.00 bits per heavy atom. The summed E-state index contributed by atoms with van der Waals surface area (Å²) in [4.78, 5) is 35.5. The van der Waals surface area contributed by atoms with Crippen molar-refractivity contribution < 1.29 is 4.79 Å². The van der Waals surface area contributed by atoms with Crippen LogP contribution in [-0.4, -0.2) is 32.2 Å². The number of carbonyl (C=O) groups is 1. The molecular formula is C23H27Cl2N3O2. The Morgan fingerprint density at radius 3 is 2.67 bits per heavy atom. The summed E-state index contributed by atoms with van der Waals surface area (Å²) < 4.78 is 0. The highest BCUT2D eigenvalue weighted by atomic mass is 35.5. The van der Waals surface area contributed by atoms with Crippen LogP contribution in [0.5, 0.6) is 0 Å². The maximum absolute atomic E-state index is 13.9. The molecule has 4 saturated carbocycles. The largest absolute Gasteiger partial charge is 0.335 e. The first kappa shape index (κ1) is 20.3. The van der Waals surface area contributed by atoms with Crippen LogP contribution in [0.15, 0.2) is 23.0 Å². The maximum atomic E-state index is 13.9. The smallest absolute Gasteiger partial charge is 0.258 e. The van der Waals surface area contributed by atoms with E-state index in [4.69, 9.17) is 23.2 Å². The summed E-state index contributed by atoms with van der Waals surface area (Å²) in [5.74, 6) is 1.83. The van der Waals surface area contributed by atoms with Crippen molar-refractivity contribution in [1.82, 2.24) is 14.9 Å². The molecule has 1 amide bonds. The molecule has 4 aliphatic rings. The molecule has 4 aliphatic carbocycles. The van der Waals surface area contributed by atoms with Crippen molar-refractivity contribution in [2.75, 3.05) is 6.54 Å². The predicted octanol–water partition coefficient (Wildman–Crippen LogP) is 4.89. The third-order valence-electron chi connectivity index (χ3n) is 7.28. The highest BCUT2D eigenvalue weighted by molar-refractivity contribution is 6.31. The average Bonchev–Trinajstić information content (AvgIpc) is 2.64. The minimum absolute atomic E-state index is 0.192. The van der Waals surface area contributed by atoms with Crippen LogP contribution in [0.25, 0.3) is 10.9 Å². The molecule has 0 radical (unpaired) electrons. The Hall–Kier alpha value is -1.59. The van der Waals surface area contributed by atoms with Crippen molar-refractivity contribution in [3.05, 3.63) is 39.4 Å². The van der Waals surface area contributed by atoms with Gasteiger partial charge in [0.25, 0.3) is 5.56 Å². The maximum Gasteiger partial charge on any atom is 0.258 e. The van der Waals surface area contributed by atoms with Gasteiger partial charge >= 0.3 is 0 Å².